The number of amides is 1. The number of rotatable bonds is 4. The van der Waals surface area contributed by atoms with E-state index in [-0.39, 0.29) is 5.91 Å². The molecule has 2 rings (SSSR count). The van der Waals surface area contributed by atoms with E-state index in [9.17, 15) is 4.79 Å². The van der Waals surface area contributed by atoms with Crippen LogP contribution in [0, 0.1) is 0 Å². The van der Waals surface area contributed by atoms with Crippen molar-refractivity contribution in [1.82, 2.24) is 5.32 Å². The first kappa shape index (κ1) is 12.8. The predicted octanol–water partition coefficient (Wildman–Crippen LogP) is 2.69. The third-order valence-corrected chi connectivity index (χ3v) is 3.12. The van der Waals surface area contributed by atoms with Gasteiger partial charge in [-0.3, -0.25) is 4.79 Å². The fourth-order valence-electron chi connectivity index (χ4n) is 1.98. The molecule has 0 radical (unpaired) electrons. The summed E-state index contributed by atoms with van der Waals surface area (Å²) < 4.78 is 5.17. The molecule has 0 aliphatic heterocycles. The molecule has 0 spiro atoms. The molecule has 0 heterocycles. The van der Waals surface area contributed by atoms with Crippen molar-refractivity contribution in [2.75, 3.05) is 6.54 Å². The first-order valence-electron chi connectivity index (χ1n) is 5.83. The molecule has 18 heavy (non-hydrogen) atoms. The Morgan fingerprint density at radius 1 is 1.33 bits per heavy atom. The lowest BCUT2D eigenvalue weighted by Crippen LogP contribution is -2.22. The Morgan fingerprint density at radius 2 is 2.17 bits per heavy atom. The third kappa shape index (κ3) is 2.99. The summed E-state index contributed by atoms with van der Waals surface area (Å²) in [6, 6.07) is 12.2. The van der Waals surface area contributed by atoms with Gasteiger partial charge in [-0.15, -0.1) is 0 Å². The Labute approximate surface area is 109 Å². The van der Waals surface area contributed by atoms with E-state index in [1.165, 1.54) is 23.3 Å². The standard InChI is InChI=1S/C14H16NO2P/c1-10(16)15-8-7-12-4-2-3-11-5-6-13(17-18)9-14(11)12/h2-6,9H,7-8,18H2,1H3,(H,15,16). The largest absolute Gasteiger partial charge is 0.480 e. The van der Waals surface area contributed by atoms with Gasteiger partial charge in [-0.1, -0.05) is 24.3 Å². The highest BCUT2D eigenvalue weighted by Gasteiger charge is 2.03. The Bertz CT molecular complexity index is 569. The maximum Gasteiger partial charge on any atom is 0.216 e. The van der Waals surface area contributed by atoms with Crippen LogP contribution in [0.2, 0.25) is 0 Å². The highest BCUT2D eigenvalue weighted by molar-refractivity contribution is 7.10. The van der Waals surface area contributed by atoms with Crippen molar-refractivity contribution >= 4 is 26.1 Å². The highest BCUT2D eigenvalue weighted by atomic mass is 31.0. The molecule has 0 fully saturated rings. The topological polar surface area (TPSA) is 38.3 Å². The summed E-state index contributed by atoms with van der Waals surface area (Å²) in [5.74, 6) is 0.823. The summed E-state index contributed by atoms with van der Waals surface area (Å²) in [6.07, 6.45) is 0.817. The van der Waals surface area contributed by atoms with Gasteiger partial charge in [-0.2, -0.15) is 0 Å². The summed E-state index contributed by atoms with van der Waals surface area (Å²) in [7, 11) is 2.25. The van der Waals surface area contributed by atoms with Crippen LogP contribution in [0.1, 0.15) is 12.5 Å². The molecule has 0 aliphatic rings. The van der Waals surface area contributed by atoms with Crippen molar-refractivity contribution in [2.45, 2.75) is 13.3 Å². The van der Waals surface area contributed by atoms with Gasteiger partial charge in [0.1, 0.15) is 5.75 Å². The molecular formula is C14H16NO2P. The lowest BCUT2D eigenvalue weighted by atomic mass is 10.0. The summed E-state index contributed by atoms with van der Waals surface area (Å²) in [6.45, 7) is 2.18. The molecule has 0 bridgehead atoms. The number of fused-ring (bicyclic) bond motifs is 1. The molecule has 0 saturated carbocycles. The molecule has 94 valence electrons. The van der Waals surface area contributed by atoms with Crippen molar-refractivity contribution in [2.24, 2.45) is 0 Å². The number of nitrogens with one attached hydrogen (secondary N) is 1. The number of carbonyl (C=O) groups is 1. The monoisotopic (exact) mass is 261 g/mol. The van der Waals surface area contributed by atoms with Crippen LogP contribution in [0.15, 0.2) is 36.4 Å². The fraction of sp³-hybridized carbons (Fsp3) is 0.214. The van der Waals surface area contributed by atoms with Crippen LogP contribution >= 0.6 is 9.47 Å². The van der Waals surface area contributed by atoms with E-state index < -0.39 is 0 Å². The zero-order chi connectivity index (χ0) is 13.0. The maximum atomic E-state index is 10.9. The Kier molecular flexibility index (Phi) is 4.16. The minimum Gasteiger partial charge on any atom is -0.480 e. The average molecular weight is 261 g/mol. The second kappa shape index (κ2) is 5.83. The molecule has 0 aromatic heterocycles. The van der Waals surface area contributed by atoms with Gasteiger partial charge in [0.25, 0.3) is 0 Å². The van der Waals surface area contributed by atoms with E-state index in [2.05, 4.69) is 26.9 Å². The second-order valence-electron chi connectivity index (χ2n) is 4.15. The first-order chi connectivity index (χ1) is 8.70. The van der Waals surface area contributed by atoms with Crippen molar-refractivity contribution < 1.29 is 9.32 Å². The van der Waals surface area contributed by atoms with Gasteiger partial charge in [0.2, 0.25) is 5.91 Å². The molecule has 1 atom stereocenters. The zero-order valence-electron chi connectivity index (χ0n) is 10.3. The summed E-state index contributed by atoms with van der Waals surface area (Å²) in [4.78, 5) is 10.9. The summed E-state index contributed by atoms with van der Waals surface area (Å²) >= 11 is 0. The van der Waals surface area contributed by atoms with Gasteiger partial charge in [-0.05, 0) is 34.9 Å². The van der Waals surface area contributed by atoms with Crippen molar-refractivity contribution in [3.05, 3.63) is 42.0 Å². The van der Waals surface area contributed by atoms with Gasteiger partial charge < -0.3 is 9.84 Å². The van der Waals surface area contributed by atoms with E-state index in [1.54, 1.807) is 0 Å². The Hall–Kier alpha value is -1.60. The van der Waals surface area contributed by atoms with Crippen molar-refractivity contribution in [3.63, 3.8) is 0 Å². The van der Waals surface area contributed by atoms with Crippen LogP contribution in [0.3, 0.4) is 0 Å². The molecule has 0 saturated heterocycles. The van der Waals surface area contributed by atoms with Crippen LogP contribution < -0.4 is 9.84 Å². The van der Waals surface area contributed by atoms with E-state index in [0.717, 1.165) is 12.2 Å². The van der Waals surface area contributed by atoms with Gasteiger partial charge in [0, 0.05) is 13.5 Å². The van der Waals surface area contributed by atoms with Gasteiger partial charge >= 0.3 is 0 Å². The average Bonchev–Trinajstić information content (AvgIpc) is 2.38. The first-order valence-corrected chi connectivity index (χ1v) is 6.30. The lowest BCUT2D eigenvalue weighted by molar-refractivity contribution is -0.118. The minimum atomic E-state index is 0.00390. The van der Waals surface area contributed by atoms with Crippen LogP contribution in [0.5, 0.6) is 5.75 Å². The number of carbonyl (C=O) groups excluding carboxylic acids is 1. The van der Waals surface area contributed by atoms with Gasteiger partial charge in [-0.25, -0.2) is 0 Å². The van der Waals surface area contributed by atoms with Crippen LogP contribution in [0.25, 0.3) is 10.8 Å². The minimum absolute atomic E-state index is 0.00390. The highest BCUT2D eigenvalue weighted by Crippen LogP contribution is 2.25. The smallest absolute Gasteiger partial charge is 0.216 e. The van der Waals surface area contributed by atoms with Crippen molar-refractivity contribution in [1.29, 1.82) is 0 Å². The van der Waals surface area contributed by atoms with Gasteiger partial charge in [0.05, 0.1) is 9.47 Å². The summed E-state index contributed by atoms with van der Waals surface area (Å²) in [5, 5.41) is 5.16. The third-order valence-electron chi connectivity index (χ3n) is 2.85. The quantitative estimate of drug-likeness (QED) is 0.859. The molecule has 3 nitrogen and oxygen atoms in total. The molecule has 2 aromatic rings. The second-order valence-corrected chi connectivity index (χ2v) is 4.39. The number of hydrogen-bond donors (Lipinski definition) is 1. The number of benzene rings is 2. The van der Waals surface area contributed by atoms with Gasteiger partial charge in [0.15, 0.2) is 0 Å². The normalized spacial score (nSPS) is 10.3. The molecule has 1 amide bonds. The number of hydrogen-bond acceptors (Lipinski definition) is 2. The zero-order valence-corrected chi connectivity index (χ0v) is 11.4. The van der Waals surface area contributed by atoms with Crippen LogP contribution in [0.4, 0.5) is 0 Å². The SMILES string of the molecule is CC(=O)NCCc1cccc2ccc(OP)cc12. The predicted molar refractivity (Wildman–Crippen MR) is 76.7 cm³/mol. The van der Waals surface area contributed by atoms with E-state index in [4.69, 9.17) is 4.52 Å². The summed E-state index contributed by atoms with van der Waals surface area (Å²) in [5.41, 5.74) is 1.21. The molecular weight excluding hydrogens is 245 g/mol. The molecule has 0 aliphatic carbocycles. The molecule has 2 aromatic carbocycles. The molecule has 1 unspecified atom stereocenters. The molecule has 1 N–H and O–H groups in total. The fourth-order valence-corrected chi connectivity index (χ4v) is 2.13. The van der Waals surface area contributed by atoms with Crippen LogP contribution in [-0.2, 0) is 11.2 Å². The van der Waals surface area contributed by atoms with E-state index >= 15 is 0 Å². The van der Waals surface area contributed by atoms with Crippen molar-refractivity contribution in [3.8, 4) is 5.75 Å². The maximum absolute atomic E-state index is 10.9. The Balaban J connectivity index is 2.28. The Morgan fingerprint density at radius 3 is 2.89 bits per heavy atom. The van der Waals surface area contributed by atoms with E-state index in [1.807, 2.05) is 24.3 Å². The molecule has 4 heteroatoms. The van der Waals surface area contributed by atoms with Crippen LogP contribution in [-0.4, -0.2) is 12.5 Å². The lowest BCUT2D eigenvalue weighted by Gasteiger charge is -2.08. The van der Waals surface area contributed by atoms with E-state index in [0.29, 0.717) is 6.54 Å².